The van der Waals surface area contributed by atoms with Crippen molar-refractivity contribution < 1.29 is 4.39 Å². The normalized spacial score (nSPS) is 12.4. The van der Waals surface area contributed by atoms with Crippen LogP contribution in [-0.4, -0.2) is 6.54 Å². The first-order valence-corrected chi connectivity index (χ1v) is 7.70. The molecule has 1 unspecified atom stereocenters. The molecule has 0 bridgehead atoms. The van der Waals surface area contributed by atoms with E-state index in [0.717, 1.165) is 29.1 Å². The van der Waals surface area contributed by atoms with Gasteiger partial charge in [0.15, 0.2) is 0 Å². The molecule has 0 fully saturated rings. The maximum Gasteiger partial charge on any atom is 0.137 e. The van der Waals surface area contributed by atoms with Gasteiger partial charge in [0.1, 0.15) is 5.82 Å². The first-order chi connectivity index (χ1) is 9.60. The van der Waals surface area contributed by atoms with Gasteiger partial charge in [-0.15, -0.1) is 0 Å². The Morgan fingerprint density at radius 3 is 2.70 bits per heavy atom. The van der Waals surface area contributed by atoms with E-state index in [1.807, 2.05) is 30.3 Å². The van der Waals surface area contributed by atoms with Crippen molar-refractivity contribution in [1.29, 1.82) is 0 Å². The van der Waals surface area contributed by atoms with Crippen LogP contribution in [0.5, 0.6) is 0 Å². The Morgan fingerprint density at radius 2 is 2.05 bits per heavy atom. The van der Waals surface area contributed by atoms with E-state index in [4.69, 9.17) is 11.6 Å². The molecular weight excluding hydrogens is 341 g/mol. The summed E-state index contributed by atoms with van der Waals surface area (Å²) in [6.07, 6.45) is 0.812. The van der Waals surface area contributed by atoms with E-state index in [1.165, 1.54) is 6.07 Å². The van der Waals surface area contributed by atoms with Gasteiger partial charge in [0.2, 0.25) is 0 Å². The Balaban J connectivity index is 2.24. The van der Waals surface area contributed by atoms with Gasteiger partial charge in [0.25, 0.3) is 0 Å². The molecular formula is C16H16BrClFN. The highest BCUT2D eigenvalue weighted by molar-refractivity contribution is 9.10. The van der Waals surface area contributed by atoms with Crippen LogP contribution in [0.25, 0.3) is 0 Å². The Morgan fingerprint density at radius 1 is 1.25 bits per heavy atom. The lowest BCUT2D eigenvalue weighted by molar-refractivity contribution is 0.546. The van der Waals surface area contributed by atoms with Crippen molar-refractivity contribution in [3.05, 3.63) is 68.9 Å². The number of nitrogens with one attached hydrogen (secondary N) is 1. The zero-order chi connectivity index (χ0) is 14.5. The number of hydrogen-bond acceptors (Lipinski definition) is 1. The third kappa shape index (κ3) is 4.05. The topological polar surface area (TPSA) is 12.0 Å². The standard InChI is InChI=1S/C16H16BrClFN/c1-2-20-16(9-11-4-3-5-13(18)8-11)12-6-7-15(19)14(17)10-12/h3-8,10,16,20H,2,9H2,1H3. The van der Waals surface area contributed by atoms with Crippen LogP contribution >= 0.6 is 27.5 Å². The maximum atomic E-state index is 13.3. The zero-order valence-corrected chi connectivity index (χ0v) is 13.5. The van der Waals surface area contributed by atoms with Gasteiger partial charge >= 0.3 is 0 Å². The van der Waals surface area contributed by atoms with E-state index in [2.05, 4.69) is 34.2 Å². The molecule has 0 heterocycles. The SMILES string of the molecule is CCNC(Cc1cccc(Cl)c1)c1ccc(F)c(Br)c1. The molecule has 2 rings (SSSR count). The molecule has 0 saturated heterocycles. The van der Waals surface area contributed by atoms with Crippen LogP contribution in [0.15, 0.2) is 46.9 Å². The minimum absolute atomic E-state index is 0.135. The summed E-state index contributed by atoms with van der Waals surface area (Å²) in [5, 5.41) is 4.16. The first-order valence-electron chi connectivity index (χ1n) is 6.53. The summed E-state index contributed by atoms with van der Waals surface area (Å²) in [6.45, 7) is 2.91. The summed E-state index contributed by atoms with van der Waals surface area (Å²) >= 11 is 9.26. The Labute approximate surface area is 132 Å². The van der Waals surface area contributed by atoms with E-state index in [9.17, 15) is 4.39 Å². The highest BCUT2D eigenvalue weighted by Crippen LogP contribution is 2.24. The highest BCUT2D eigenvalue weighted by Gasteiger charge is 2.13. The van der Waals surface area contributed by atoms with Gasteiger partial charge in [0, 0.05) is 11.1 Å². The van der Waals surface area contributed by atoms with Crippen LogP contribution in [0, 0.1) is 5.82 Å². The third-order valence-electron chi connectivity index (χ3n) is 3.13. The maximum absolute atomic E-state index is 13.3. The van der Waals surface area contributed by atoms with E-state index in [1.54, 1.807) is 0 Å². The lowest BCUT2D eigenvalue weighted by Gasteiger charge is -2.19. The van der Waals surface area contributed by atoms with Gasteiger partial charge in [-0.25, -0.2) is 4.39 Å². The molecule has 4 heteroatoms. The molecule has 0 aliphatic carbocycles. The second kappa shape index (κ2) is 7.21. The summed E-state index contributed by atoms with van der Waals surface area (Å²) < 4.78 is 13.8. The van der Waals surface area contributed by atoms with Crippen LogP contribution in [-0.2, 0) is 6.42 Å². The molecule has 0 radical (unpaired) electrons. The number of benzene rings is 2. The Kier molecular flexibility index (Phi) is 5.58. The third-order valence-corrected chi connectivity index (χ3v) is 3.97. The minimum Gasteiger partial charge on any atom is -0.310 e. The van der Waals surface area contributed by atoms with Gasteiger partial charge in [-0.2, -0.15) is 0 Å². The van der Waals surface area contributed by atoms with Crippen LogP contribution in [0.3, 0.4) is 0 Å². The van der Waals surface area contributed by atoms with E-state index < -0.39 is 0 Å². The number of rotatable bonds is 5. The van der Waals surface area contributed by atoms with Crippen molar-refractivity contribution in [3.63, 3.8) is 0 Å². The minimum atomic E-state index is -0.244. The zero-order valence-electron chi connectivity index (χ0n) is 11.2. The predicted octanol–water partition coefficient (Wildman–Crippen LogP) is 5.13. The average Bonchev–Trinajstić information content (AvgIpc) is 2.41. The molecule has 106 valence electrons. The summed E-state index contributed by atoms with van der Waals surface area (Å²) in [6, 6.07) is 13.1. The average molecular weight is 357 g/mol. The van der Waals surface area contributed by atoms with E-state index in [-0.39, 0.29) is 11.9 Å². The van der Waals surface area contributed by atoms with Crippen molar-refractivity contribution in [2.45, 2.75) is 19.4 Å². The smallest absolute Gasteiger partial charge is 0.137 e. The molecule has 0 saturated carbocycles. The lowest BCUT2D eigenvalue weighted by atomic mass is 9.99. The van der Waals surface area contributed by atoms with E-state index >= 15 is 0 Å². The van der Waals surface area contributed by atoms with Gasteiger partial charge < -0.3 is 5.32 Å². The molecule has 2 aromatic rings. The second-order valence-corrected chi connectivity index (χ2v) is 5.91. The molecule has 1 atom stereocenters. The molecule has 0 spiro atoms. The van der Waals surface area contributed by atoms with Crippen molar-refractivity contribution in [2.24, 2.45) is 0 Å². The number of halogens is 3. The van der Waals surface area contributed by atoms with Crippen LogP contribution in [0.4, 0.5) is 4.39 Å². The summed E-state index contributed by atoms with van der Waals surface area (Å²) in [7, 11) is 0. The van der Waals surface area contributed by atoms with Gasteiger partial charge in [-0.05, 0) is 64.3 Å². The van der Waals surface area contributed by atoms with Crippen LogP contribution in [0.2, 0.25) is 5.02 Å². The van der Waals surface area contributed by atoms with Crippen molar-refractivity contribution in [3.8, 4) is 0 Å². The number of likely N-dealkylation sites (N-methyl/N-ethyl adjacent to an activating group) is 1. The predicted molar refractivity (Wildman–Crippen MR) is 85.7 cm³/mol. The fourth-order valence-corrected chi connectivity index (χ4v) is 2.79. The van der Waals surface area contributed by atoms with Crippen molar-refractivity contribution in [2.75, 3.05) is 6.54 Å². The molecule has 0 aliphatic rings. The van der Waals surface area contributed by atoms with Gasteiger partial charge in [-0.3, -0.25) is 0 Å². The van der Waals surface area contributed by atoms with E-state index in [0.29, 0.717) is 4.47 Å². The Hall–Kier alpha value is -0.900. The van der Waals surface area contributed by atoms with Crippen molar-refractivity contribution in [1.82, 2.24) is 5.32 Å². The largest absolute Gasteiger partial charge is 0.310 e. The van der Waals surface area contributed by atoms with Crippen LogP contribution in [0.1, 0.15) is 24.1 Å². The molecule has 0 aliphatic heterocycles. The molecule has 0 amide bonds. The fourth-order valence-electron chi connectivity index (χ4n) is 2.18. The monoisotopic (exact) mass is 355 g/mol. The molecule has 1 N–H and O–H groups in total. The highest BCUT2D eigenvalue weighted by atomic mass is 79.9. The van der Waals surface area contributed by atoms with Crippen molar-refractivity contribution >= 4 is 27.5 Å². The molecule has 0 aromatic heterocycles. The number of hydrogen-bond donors (Lipinski definition) is 1. The molecule has 1 nitrogen and oxygen atoms in total. The van der Waals surface area contributed by atoms with Crippen LogP contribution < -0.4 is 5.32 Å². The summed E-state index contributed by atoms with van der Waals surface area (Å²) in [5.74, 6) is -0.244. The molecule has 20 heavy (non-hydrogen) atoms. The molecule has 2 aromatic carbocycles. The second-order valence-electron chi connectivity index (χ2n) is 4.62. The summed E-state index contributed by atoms with van der Waals surface area (Å²) in [4.78, 5) is 0. The van der Waals surface area contributed by atoms with Gasteiger partial charge in [-0.1, -0.05) is 36.7 Å². The summed E-state index contributed by atoms with van der Waals surface area (Å²) in [5.41, 5.74) is 2.21. The fraction of sp³-hybridized carbons (Fsp3) is 0.250. The Bertz CT molecular complexity index is 588. The van der Waals surface area contributed by atoms with Gasteiger partial charge in [0.05, 0.1) is 4.47 Å². The first kappa shape index (κ1) is 15.5. The lowest BCUT2D eigenvalue weighted by Crippen LogP contribution is -2.23. The quantitative estimate of drug-likeness (QED) is 0.782.